The summed E-state index contributed by atoms with van der Waals surface area (Å²) in [6, 6.07) is 12.6. The lowest BCUT2D eigenvalue weighted by Gasteiger charge is -2.31. The molecule has 0 spiro atoms. The van der Waals surface area contributed by atoms with Gasteiger partial charge in [0.05, 0.1) is 13.1 Å². The number of benzene rings is 1. The maximum Gasteiger partial charge on any atom is 0.234 e. The third-order valence-electron chi connectivity index (χ3n) is 4.45. The molecule has 1 aliphatic heterocycles. The van der Waals surface area contributed by atoms with Gasteiger partial charge in [0.15, 0.2) is 0 Å². The van der Waals surface area contributed by atoms with Gasteiger partial charge in [0.1, 0.15) is 0 Å². The highest BCUT2D eigenvalue weighted by Crippen LogP contribution is 2.27. The van der Waals surface area contributed by atoms with Crippen molar-refractivity contribution in [2.45, 2.75) is 25.3 Å². The molecule has 1 aromatic carbocycles. The van der Waals surface area contributed by atoms with Gasteiger partial charge in [-0.25, -0.2) is 0 Å². The maximum absolute atomic E-state index is 12.0. The Labute approximate surface area is 137 Å². The van der Waals surface area contributed by atoms with Crippen LogP contribution in [0.25, 0.3) is 0 Å². The first-order valence-corrected chi connectivity index (χ1v) is 8.33. The van der Waals surface area contributed by atoms with Gasteiger partial charge in [0.25, 0.3) is 0 Å². The molecule has 1 amide bonds. The first-order chi connectivity index (χ1) is 11.3. The van der Waals surface area contributed by atoms with Gasteiger partial charge in [-0.3, -0.25) is 14.4 Å². The Morgan fingerprint density at radius 1 is 1.17 bits per heavy atom. The van der Waals surface area contributed by atoms with E-state index in [2.05, 4.69) is 45.6 Å². The Hall–Kier alpha value is -2.14. The van der Waals surface area contributed by atoms with Crippen molar-refractivity contribution in [2.24, 2.45) is 0 Å². The van der Waals surface area contributed by atoms with E-state index in [1.807, 2.05) is 16.9 Å². The fourth-order valence-electron chi connectivity index (χ4n) is 3.15. The predicted octanol–water partition coefficient (Wildman–Crippen LogP) is 1.88. The van der Waals surface area contributed by atoms with E-state index in [0.29, 0.717) is 19.0 Å². The molecule has 23 heavy (non-hydrogen) atoms. The molecule has 3 rings (SSSR count). The number of hydrogen-bond acceptors (Lipinski definition) is 3. The Bertz CT molecular complexity index is 589. The number of likely N-dealkylation sites (tertiary alicyclic amines) is 1. The van der Waals surface area contributed by atoms with Gasteiger partial charge in [-0.05, 0) is 43.5 Å². The zero-order valence-corrected chi connectivity index (χ0v) is 13.4. The van der Waals surface area contributed by atoms with E-state index < -0.39 is 0 Å². The number of nitrogens with zero attached hydrogens (tertiary/aromatic N) is 3. The summed E-state index contributed by atoms with van der Waals surface area (Å²) < 4.78 is 1.83. The summed E-state index contributed by atoms with van der Waals surface area (Å²) in [4.78, 5) is 14.3. The van der Waals surface area contributed by atoms with Crippen molar-refractivity contribution in [1.29, 1.82) is 0 Å². The van der Waals surface area contributed by atoms with Crippen molar-refractivity contribution in [1.82, 2.24) is 20.0 Å². The van der Waals surface area contributed by atoms with Gasteiger partial charge in [-0.2, -0.15) is 5.10 Å². The first kappa shape index (κ1) is 15.7. The quantitative estimate of drug-likeness (QED) is 0.886. The van der Waals surface area contributed by atoms with Crippen LogP contribution >= 0.6 is 0 Å². The highest BCUT2D eigenvalue weighted by atomic mass is 16.2. The van der Waals surface area contributed by atoms with E-state index in [1.165, 1.54) is 5.56 Å². The van der Waals surface area contributed by atoms with E-state index in [0.717, 1.165) is 32.5 Å². The molecule has 0 radical (unpaired) electrons. The minimum absolute atomic E-state index is 0.107. The highest BCUT2D eigenvalue weighted by Gasteiger charge is 2.21. The van der Waals surface area contributed by atoms with Gasteiger partial charge < -0.3 is 5.32 Å². The number of carbonyl (C=O) groups is 1. The van der Waals surface area contributed by atoms with Crippen molar-refractivity contribution in [3.05, 3.63) is 54.4 Å². The minimum Gasteiger partial charge on any atom is -0.353 e. The van der Waals surface area contributed by atoms with Crippen LogP contribution < -0.4 is 5.32 Å². The maximum atomic E-state index is 12.0. The number of carbonyl (C=O) groups excluding carboxylic acids is 1. The lowest BCUT2D eigenvalue weighted by atomic mass is 9.89. The summed E-state index contributed by atoms with van der Waals surface area (Å²) in [5.74, 6) is 0.741. The van der Waals surface area contributed by atoms with Gasteiger partial charge >= 0.3 is 0 Å². The second kappa shape index (κ2) is 7.92. The second-order valence-electron chi connectivity index (χ2n) is 6.08. The Kier molecular flexibility index (Phi) is 5.42. The largest absolute Gasteiger partial charge is 0.353 e. The molecular formula is C18H24N4O. The number of rotatable bonds is 6. The molecule has 0 aliphatic carbocycles. The molecule has 1 saturated heterocycles. The van der Waals surface area contributed by atoms with E-state index in [9.17, 15) is 4.79 Å². The molecule has 5 nitrogen and oxygen atoms in total. The highest BCUT2D eigenvalue weighted by molar-refractivity contribution is 5.77. The smallest absolute Gasteiger partial charge is 0.234 e. The average Bonchev–Trinajstić information content (AvgIpc) is 3.10. The topological polar surface area (TPSA) is 50.2 Å². The molecule has 1 fully saturated rings. The van der Waals surface area contributed by atoms with E-state index in [1.54, 1.807) is 6.20 Å². The van der Waals surface area contributed by atoms with Crippen LogP contribution in [0.5, 0.6) is 0 Å². The van der Waals surface area contributed by atoms with Gasteiger partial charge in [-0.15, -0.1) is 0 Å². The van der Waals surface area contributed by atoms with E-state index >= 15 is 0 Å². The number of amides is 1. The molecule has 1 N–H and O–H groups in total. The molecule has 1 aliphatic rings. The van der Waals surface area contributed by atoms with Crippen molar-refractivity contribution < 1.29 is 4.79 Å². The number of aromatic nitrogens is 2. The van der Waals surface area contributed by atoms with Gasteiger partial charge in [0.2, 0.25) is 5.91 Å². The first-order valence-electron chi connectivity index (χ1n) is 8.33. The minimum atomic E-state index is 0.107. The van der Waals surface area contributed by atoms with Crippen LogP contribution in [0.1, 0.15) is 24.3 Å². The number of hydrogen-bond donors (Lipinski definition) is 1. The van der Waals surface area contributed by atoms with Crippen LogP contribution in [0.15, 0.2) is 48.8 Å². The zero-order chi connectivity index (χ0) is 15.9. The normalized spacial score (nSPS) is 16.3. The van der Waals surface area contributed by atoms with Crippen LogP contribution in [0, 0.1) is 0 Å². The summed E-state index contributed by atoms with van der Waals surface area (Å²) in [7, 11) is 0. The molecule has 0 bridgehead atoms. The second-order valence-corrected chi connectivity index (χ2v) is 6.08. The Morgan fingerprint density at radius 2 is 1.96 bits per heavy atom. The molecule has 0 atom stereocenters. The Balaban J connectivity index is 1.36. The zero-order valence-electron chi connectivity index (χ0n) is 13.4. The molecular weight excluding hydrogens is 288 g/mol. The lowest BCUT2D eigenvalue weighted by Crippen LogP contribution is -2.41. The molecule has 0 unspecified atom stereocenters. The lowest BCUT2D eigenvalue weighted by molar-refractivity contribution is -0.122. The summed E-state index contributed by atoms with van der Waals surface area (Å²) in [5, 5.41) is 7.09. The van der Waals surface area contributed by atoms with Crippen molar-refractivity contribution >= 4 is 5.91 Å². The van der Waals surface area contributed by atoms with Gasteiger partial charge in [-0.1, -0.05) is 30.3 Å². The third kappa shape index (κ3) is 4.66. The monoisotopic (exact) mass is 312 g/mol. The fourth-order valence-corrected chi connectivity index (χ4v) is 3.15. The fraction of sp³-hybridized carbons (Fsp3) is 0.444. The van der Waals surface area contributed by atoms with Crippen LogP contribution in [0.2, 0.25) is 0 Å². The van der Waals surface area contributed by atoms with E-state index in [-0.39, 0.29) is 5.91 Å². The molecule has 2 aromatic rings. The van der Waals surface area contributed by atoms with Crippen molar-refractivity contribution in [2.75, 3.05) is 26.2 Å². The van der Waals surface area contributed by atoms with Gasteiger partial charge in [0, 0.05) is 18.9 Å². The van der Waals surface area contributed by atoms with Crippen molar-refractivity contribution in [3.63, 3.8) is 0 Å². The van der Waals surface area contributed by atoms with Crippen LogP contribution in [-0.2, 0) is 11.3 Å². The summed E-state index contributed by atoms with van der Waals surface area (Å²) in [6.07, 6.45) is 5.91. The third-order valence-corrected chi connectivity index (χ3v) is 4.45. The van der Waals surface area contributed by atoms with Crippen LogP contribution in [0.4, 0.5) is 0 Å². The SMILES string of the molecule is O=C(CN1CCC(c2ccccc2)CC1)NCCn1cccn1. The molecule has 5 heteroatoms. The van der Waals surface area contributed by atoms with Crippen molar-refractivity contribution in [3.8, 4) is 0 Å². The molecule has 1 aromatic heterocycles. The summed E-state index contributed by atoms with van der Waals surface area (Å²) in [6.45, 7) is 3.83. The van der Waals surface area contributed by atoms with Crippen LogP contribution in [0.3, 0.4) is 0 Å². The number of nitrogens with one attached hydrogen (secondary N) is 1. The van der Waals surface area contributed by atoms with Crippen LogP contribution in [-0.4, -0.2) is 46.8 Å². The predicted molar refractivity (Wildman–Crippen MR) is 90.1 cm³/mol. The number of piperidine rings is 1. The van der Waals surface area contributed by atoms with E-state index in [4.69, 9.17) is 0 Å². The summed E-state index contributed by atoms with van der Waals surface area (Å²) in [5.41, 5.74) is 1.43. The average molecular weight is 312 g/mol. The molecule has 122 valence electrons. The Morgan fingerprint density at radius 3 is 2.65 bits per heavy atom. The standard InChI is InChI=1S/C18H24N4O/c23-18(19-10-14-22-11-4-9-20-22)15-21-12-7-17(8-13-21)16-5-2-1-3-6-16/h1-6,9,11,17H,7-8,10,12-15H2,(H,19,23). The molecule has 0 saturated carbocycles. The molecule has 2 heterocycles. The summed E-state index contributed by atoms with van der Waals surface area (Å²) >= 11 is 0.